The fourth-order valence-corrected chi connectivity index (χ4v) is 3.90. The Morgan fingerprint density at radius 3 is 2.63 bits per heavy atom. The number of benzene rings is 1. The lowest BCUT2D eigenvalue weighted by Crippen LogP contribution is -2.31. The first-order valence-corrected chi connectivity index (χ1v) is 10.5. The number of hydrogen-bond donors (Lipinski definition) is 1. The Labute approximate surface area is 177 Å². The van der Waals surface area contributed by atoms with Gasteiger partial charge in [-0.2, -0.15) is 0 Å². The number of nitrogens with one attached hydrogen (secondary N) is 1. The summed E-state index contributed by atoms with van der Waals surface area (Å²) in [7, 11) is 0. The van der Waals surface area contributed by atoms with E-state index in [-0.39, 0.29) is 18.0 Å². The molecule has 7 heteroatoms. The van der Waals surface area contributed by atoms with Gasteiger partial charge >= 0.3 is 6.03 Å². The van der Waals surface area contributed by atoms with Crippen LogP contribution in [-0.4, -0.2) is 45.9 Å². The van der Waals surface area contributed by atoms with Gasteiger partial charge in [-0.15, -0.1) is 0 Å². The van der Waals surface area contributed by atoms with Crippen molar-refractivity contribution in [2.75, 3.05) is 18.4 Å². The van der Waals surface area contributed by atoms with Crippen molar-refractivity contribution in [1.29, 1.82) is 0 Å². The van der Waals surface area contributed by atoms with Crippen LogP contribution in [0.4, 0.5) is 10.5 Å². The molecule has 0 spiro atoms. The average molecular weight is 409 g/mol. The highest BCUT2D eigenvalue weighted by atomic mass is 16.5. The van der Waals surface area contributed by atoms with Crippen LogP contribution >= 0.6 is 0 Å². The van der Waals surface area contributed by atoms with Gasteiger partial charge in [0.15, 0.2) is 0 Å². The molecule has 2 aliphatic heterocycles. The maximum atomic E-state index is 12.5. The summed E-state index contributed by atoms with van der Waals surface area (Å²) >= 11 is 0. The smallest absolute Gasteiger partial charge is 0.322 e. The molecule has 2 aromatic rings. The molecule has 3 amide bonds. The molecule has 7 nitrogen and oxygen atoms in total. The zero-order chi connectivity index (χ0) is 21.1. The van der Waals surface area contributed by atoms with Gasteiger partial charge in [-0.05, 0) is 47.4 Å². The van der Waals surface area contributed by atoms with E-state index in [2.05, 4.69) is 24.1 Å². The first kappa shape index (κ1) is 20.2. The monoisotopic (exact) mass is 408 g/mol. The Bertz CT molecular complexity index is 888. The zero-order valence-electron chi connectivity index (χ0n) is 17.5. The molecule has 0 unspecified atom stereocenters. The van der Waals surface area contributed by atoms with Gasteiger partial charge in [-0.1, -0.05) is 13.8 Å². The molecule has 1 saturated heterocycles. The van der Waals surface area contributed by atoms with Gasteiger partial charge in [0.1, 0.15) is 11.9 Å². The Morgan fingerprint density at radius 2 is 1.90 bits per heavy atom. The van der Waals surface area contributed by atoms with Gasteiger partial charge < -0.3 is 19.9 Å². The summed E-state index contributed by atoms with van der Waals surface area (Å²) < 4.78 is 6.04. The molecule has 1 fully saturated rings. The van der Waals surface area contributed by atoms with Crippen LogP contribution in [0.3, 0.4) is 0 Å². The molecule has 0 bridgehead atoms. The number of rotatable bonds is 5. The molecule has 1 atom stereocenters. The van der Waals surface area contributed by atoms with Crippen molar-refractivity contribution in [3.05, 3.63) is 53.9 Å². The van der Waals surface area contributed by atoms with Crippen LogP contribution < -0.4 is 10.1 Å². The molecule has 0 radical (unpaired) electrons. The maximum absolute atomic E-state index is 12.5. The minimum Gasteiger partial charge on any atom is -0.489 e. The number of urea groups is 1. The number of pyridine rings is 1. The second kappa shape index (κ2) is 8.73. The minimum atomic E-state index is -0.130. The summed E-state index contributed by atoms with van der Waals surface area (Å²) in [6, 6.07) is 9.22. The molecular weight excluding hydrogens is 380 g/mol. The van der Waals surface area contributed by atoms with Gasteiger partial charge in [0, 0.05) is 50.6 Å². The lowest BCUT2D eigenvalue weighted by molar-refractivity contribution is -0.131. The van der Waals surface area contributed by atoms with Crippen molar-refractivity contribution >= 4 is 17.6 Å². The molecular formula is C23H28N4O3. The molecule has 4 rings (SSSR count). The van der Waals surface area contributed by atoms with Crippen molar-refractivity contribution in [3.8, 4) is 5.75 Å². The van der Waals surface area contributed by atoms with Crippen LogP contribution in [0.2, 0.25) is 0 Å². The lowest BCUT2D eigenvalue weighted by Gasteiger charge is -2.19. The summed E-state index contributed by atoms with van der Waals surface area (Å²) in [4.78, 5) is 32.5. The van der Waals surface area contributed by atoms with Gasteiger partial charge in [0.2, 0.25) is 5.91 Å². The van der Waals surface area contributed by atoms with Crippen LogP contribution in [0, 0.1) is 5.92 Å². The minimum absolute atomic E-state index is 0.0123. The largest absolute Gasteiger partial charge is 0.489 e. The van der Waals surface area contributed by atoms with Crippen LogP contribution in [0.1, 0.15) is 37.8 Å². The molecule has 30 heavy (non-hydrogen) atoms. The van der Waals surface area contributed by atoms with E-state index < -0.39 is 0 Å². The molecule has 0 saturated carbocycles. The number of carbonyl (C=O) groups is 2. The predicted octanol–water partition coefficient (Wildman–Crippen LogP) is 3.66. The van der Waals surface area contributed by atoms with Gasteiger partial charge in [0.25, 0.3) is 0 Å². The quantitative estimate of drug-likeness (QED) is 0.819. The van der Waals surface area contributed by atoms with E-state index >= 15 is 0 Å². The third-order valence-corrected chi connectivity index (χ3v) is 5.50. The van der Waals surface area contributed by atoms with E-state index in [0.29, 0.717) is 32.0 Å². The second-order valence-electron chi connectivity index (χ2n) is 8.42. The third-order valence-electron chi connectivity index (χ3n) is 5.50. The Hall–Kier alpha value is -3.09. The normalized spacial score (nSPS) is 17.9. The fourth-order valence-electron chi connectivity index (χ4n) is 3.90. The van der Waals surface area contributed by atoms with Crippen molar-refractivity contribution in [3.63, 3.8) is 0 Å². The van der Waals surface area contributed by atoms with Crippen molar-refractivity contribution < 1.29 is 14.3 Å². The number of fused-ring (bicyclic) bond motifs is 1. The number of nitrogens with zero attached hydrogens (tertiary/aromatic N) is 3. The fraction of sp³-hybridized carbons (Fsp3) is 0.435. The maximum Gasteiger partial charge on any atom is 0.322 e. The number of amides is 3. The first-order chi connectivity index (χ1) is 14.5. The summed E-state index contributed by atoms with van der Waals surface area (Å²) in [6.07, 6.45) is 5.00. The van der Waals surface area contributed by atoms with E-state index in [1.807, 2.05) is 41.4 Å². The van der Waals surface area contributed by atoms with Crippen LogP contribution in [-0.2, 0) is 17.9 Å². The van der Waals surface area contributed by atoms with E-state index in [1.165, 1.54) is 0 Å². The zero-order valence-corrected chi connectivity index (χ0v) is 17.5. The predicted molar refractivity (Wildman–Crippen MR) is 114 cm³/mol. The molecule has 1 N–H and O–H groups in total. The van der Waals surface area contributed by atoms with Crippen LogP contribution in [0.5, 0.6) is 5.75 Å². The summed E-state index contributed by atoms with van der Waals surface area (Å²) in [5.74, 6) is 1.32. The summed E-state index contributed by atoms with van der Waals surface area (Å²) in [6.45, 7) is 6.67. The standard InChI is InChI=1S/C23H28N4O3/c1-16(2)11-22(28)26-10-8-21(15-26)30-20-5-3-19(4-6-20)25-23(29)27-13-17-7-9-24-12-18(17)14-27/h3-7,9,12,16,21H,8,10-11,13-15H2,1-2H3,(H,25,29)/t21-/m0/s1. The number of aromatic nitrogens is 1. The Kier molecular flexibility index (Phi) is 5.88. The SMILES string of the molecule is CC(C)CC(=O)N1CC[C@H](Oc2ccc(NC(=O)N3Cc4ccncc4C3)cc2)C1. The van der Waals surface area contributed by atoms with E-state index in [9.17, 15) is 9.59 Å². The number of ether oxygens (including phenoxy) is 1. The number of hydrogen-bond acceptors (Lipinski definition) is 4. The lowest BCUT2D eigenvalue weighted by atomic mass is 10.1. The second-order valence-corrected chi connectivity index (χ2v) is 8.42. The molecule has 1 aromatic heterocycles. The van der Waals surface area contributed by atoms with E-state index in [0.717, 1.165) is 35.5 Å². The highest BCUT2D eigenvalue weighted by Crippen LogP contribution is 2.24. The highest BCUT2D eigenvalue weighted by Gasteiger charge is 2.28. The van der Waals surface area contributed by atoms with Crippen molar-refractivity contribution in [1.82, 2.24) is 14.8 Å². The molecule has 1 aromatic carbocycles. The van der Waals surface area contributed by atoms with Crippen molar-refractivity contribution in [2.24, 2.45) is 5.92 Å². The number of anilines is 1. The van der Waals surface area contributed by atoms with Gasteiger partial charge in [0.05, 0.1) is 6.54 Å². The summed E-state index contributed by atoms with van der Waals surface area (Å²) in [5.41, 5.74) is 2.96. The number of likely N-dealkylation sites (tertiary alicyclic amines) is 1. The average Bonchev–Trinajstić information content (AvgIpc) is 3.36. The topological polar surface area (TPSA) is 74.8 Å². The first-order valence-electron chi connectivity index (χ1n) is 10.5. The van der Waals surface area contributed by atoms with Gasteiger partial charge in [-0.25, -0.2) is 4.79 Å². The Morgan fingerprint density at radius 1 is 1.13 bits per heavy atom. The molecule has 2 aliphatic rings. The van der Waals surface area contributed by atoms with Crippen LogP contribution in [0.15, 0.2) is 42.7 Å². The van der Waals surface area contributed by atoms with Gasteiger partial charge in [-0.3, -0.25) is 9.78 Å². The molecule has 0 aliphatic carbocycles. The summed E-state index contributed by atoms with van der Waals surface area (Å²) in [5, 5.41) is 2.94. The van der Waals surface area contributed by atoms with E-state index in [1.54, 1.807) is 11.1 Å². The van der Waals surface area contributed by atoms with Crippen LogP contribution in [0.25, 0.3) is 0 Å². The van der Waals surface area contributed by atoms with E-state index in [4.69, 9.17) is 4.74 Å². The molecule has 158 valence electrons. The van der Waals surface area contributed by atoms with Crippen molar-refractivity contribution in [2.45, 2.75) is 45.9 Å². The highest BCUT2D eigenvalue weighted by molar-refractivity contribution is 5.89. The molecule has 3 heterocycles. The third kappa shape index (κ3) is 4.72. The Balaban J connectivity index is 1.27. The number of carbonyl (C=O) groups excluding carboxylic acids is 2.